The van der Waals surface area contributed by atoms with Crippen molar-refractivity contribution in [3.8, 4) is 0 Å². The second kappa shape index (κ2) is 8.25. The van der Waals surface area contributed by atoms with Crippen molar-refractivity contribution in [3.63, 3.8) is 0 Å². The highest BCUT2D eigenvalue weighted by Gasteiger charge is 2.50. The molecule has 0 saturated carbocycles. The molecule has 4 nitrogen and oxygen atoms in total. The fraction of sp³-hybridized carbons (Fsp3) is 0.900. The molecule has 0 N–H and O–H groups in total. The van der Waals surface area contributed by atoms with E-state index < -0.39 is 18.3 Å². The molecule has 0 saturated heterocycles. The van der Waals surface area contributed by atoms with Crippen LogP contribution in [-0.2, 0) is 14.3 Å². The minimum absolute atomic E-state index is 0.00194. The molecule has 18 heavy (non-hydrogen) atoms. The summed E-state index contributed by atoms with van der Waals surface area (Å²) < 4.78 is 59.3. The molecular weight excluding hydrogens is 258 g/mol. The lowest BCUT2D eigenvalue weighted by Gasteiger charge is -2.26. The summed E-state index contributed by atoms with van der Waals surface area (Å²) in [4.78, 5) is 12.0. The summed E-state index contributed by atoms with van der Waals surface area (Å²) in [5.41, 5.74) is 0. The van der Waals surface area contributed by atoms with Crippen LogP contribution in [0.1, 0.15) is 6.42 Å². The van der Waals surface area contributed by atoms with Gasteiger partial charge < -0.3 is 14.4 Å². The maximum Gasteiger partial charge on any atom is 0.383 e. The van der Waals surface area contributed by atoms with Crippen LogP contribution >= 0.6 is 0 Å². The van der Waals surface area contributed by atoms with Crippen LogP contribution in [0.4, 0.5) is 17.6 Å². The number of methoxy groups -OCH3 is 2. The molecule has 0 spiro atoms. The predicted molar refractivity (Wildman–Crippen MR) is 55.9 cm³/mol. The predicted octanol–water partition coefficient (Wildman–Crippen LogP) is 1.40. The molecule has 1 amide bonds. The molecule has 0 aliphatic heterocycles. The van der Waals surface area contributed by atoms with Crippen molar-refractivity contribution in [3.05, 3.63) is 0 Å². The quantitative estimate of drug-likeness (QED) is 0.471. The zero-order valence-electron chi connectivity index (χ0n) is 10.3. The molecule has 0 aromatic carbocycles. The second-order valence-corrected chi connectivity index (χ2v) is 3.56. The fourth-order valence-electron chi connectivity index (χ4n) is 1.22. The Balaban J connectivity index is 4.57. The van der Waals surface area contributed by atoms with Gasteiger partial charge in [0, 0.05) is 33.9 Å². The third-order valence-corrected chi connectivity index (χ3v) is 2.19. The highest BCUT2D eigenvalue weighted by molar-refractivity contribution is 5.84. The van der Waals surface area contributed by atoms with Crippen molar-refractivity contribution in [2.24, 2.45) is 0 Å². The van der Waals surface area contributed by atoms with E-state index >= 15 is 0 Å². The van der Waals surface area contributed by atoms with E-state index in [0.29, 0.717) is 4.90 Å². The van der Waals surface area contributed by atoms with Gasteiger partial charge in [-0.15, -0.1) is 0 Å². The summed E-state index contributed by atoms with van der Waals surface area (Å²) in [5, 5.41) is 0. The van der Waals surface area contributed by atoms with Crippen molar-refractivity contribution < 1.29 is 31.8 Å². The fourth-order valence-corrected chi connectivity index (χ4v) is 1.22. The lowest BCUT2D eigenvalue weighted by Crippen LogP contribution is -2.49. The average Bonchev–Trinajstić information content (AvgIpc) is 2.32. The van der Waals surface area contributed by atoms with Gasteiger partial charge in [0.2, 0.25) is 0 Å². The van der Waals surface area contributed by atoms with Crippen LogP contribution in [0.15, 0.2) is 0 Å². The van der Waals surface area contributed by atoms with Crippen LogP contribution in [0.5, 0.6) is 0 Å². The molecule has 0 bridgehead atoms. The molecule has 0 aliphatic rings. The van der Waals surface area contributed by atoms with Gasteiger partial charge in [0.15, 0.2) is 0 Å². The smallest absolute Gasteiger partial charge is 0.383 e. The van der Waals surface area contributed by atoms with E-state index in [9.17, 15) is 22.4 Å². The molecule has 0 fully saturated rings. The Hall–Kier alpha value is -0.890. The Labute approximate surface area is 103 Å². The van der Waals surface area contributed by atoms with Gasteiger partial charge in [0.05, 0.1) is 6.61 Å². The van der Waals surface area contributed by atoms with Crippen LogP contribution in [-0.4, -0.2) is 63.7 Å². The van der Waals surface area contributed by atoms with E-state index in [2.05, 4.69) is 4.74 Å². The zero-order valence-corrected chi connectivity index (χ0v) is 10.3. The van der Waals surface area contributed by atoms with E-state index in [1.165, 1.54) is 14.2 Å². The third-order valence-electron chi connectivity index (χ3n) is 2.19. The first-order valence-electron chi connectivity index (χ1n) is 5.31. The van der Waals surface area contributed by atoms with Crippen molar-refractivity contribution in [1.82, 2.24) is 4.90 Å². The van der Waals surface area contributed by atoms with Gasteiger partial charge >= 0.3 is 12.3 Å². The molecule has 0 radical (unpaired) electrons. The van der Waals surface area contributed by atoms with Crippen LogP contribution < -0.4 is 0 Å². The number of hydrogen-bond acceptors (Lipinski definition) is 3. The number of nitrogens with zero attached hydrogens (tertiary/aromatic N) is 1. The molecule has 0 aromatic rings. The number of rotatable bonds is 9. The molecule has 8 heteroatoms. The molecule has 0 aromatic heterocycles. The maximum atomic E-state index is 12.9. The van der Waals surface area contributed by atoms with Gasteiger partial charge in [-0.1, -0.05) is 0 Å². The first-order chi connectivity index (χ1) is 8.37. The Morgan fingerprint density at radius 3 is 2.17 bits per heavy atom. The molecule has 0 aliphatic carbocycles. The Morgan fingerprint density at radius 2 is 1.72 bits per heavy atom. The molecule has 0 unspecified atom stereocenters. The van der Waals surface area contributed by atoms with Crippen LogP contribution in [0.2, 0.25) is 0 Å². The summed E-state index contributed by atoms with van der Waals surface area (Å²) in [6, 6.07) is 0. The maximum absolute atomic E-state index is 12.9. The number of carbonyl (C=O) groups excluding carboxylic acids is 1. The van der Waals surface area contributed by atoms with E-state index in [1.54, 1.807) is 0 Å². The Bertz CT molecular complexity index is 251. The van der Waals surface area contributed by atoms with Crippen LogP contribution in [0, 0.1) is 0 Å². The summed E-state index contributed by atoms with van der Waals surface area (Å²) in [6.45, 7) is -0.00521. The minimum atomic E-state index is -4.67. The summed E-state index contributed by atoms with van der Waals surface area (Å²) in [6.07, 6.45) is -3.73. The molecule has 0 heterocycles. The van der Waals surface area contributed by atoms with Crippen molar-refractivity contribution in [1.29, 1.82) is 0 Å². The van der Waals surface area contributed by atoms with Gasteiger partial charge in [-0.25, -0.2) is 8.78 Å². The monoisotopic (exact) mass is 275 g/mol. The van der Waals surface area contributed by atoms with E-state index in [0.717, 1.165) is 0 Å². The molecular formula is C10H17F4NO3. The molecule has 108 valence electrons. The summed E-state index contributed by atoms with van der Waals surface area (Å²) in [5.74, 6) is -6.55. The zero-order chi connectivity index (χ0) is 14.2. The van der Waals surface area contributed by atoms with E-state index in [-0.39, 0.29) is 32.7 Å². The number of hydrogen-bond donors (Lipinski definition) is 0. The third kappa shape index (κ3) is 5.18. The number of ether oxygens (including phenoxy) is 2. The largest absolute Gasteiger partial charge is 0.385 e. The lowest BCUT2D eigenvalue weighted by atomic mass is 10.2. The standard InChI is InChI=1S/C10H17F4NO3/c1-17-6-3-4-15(5-7-18-2)9(16)10(13,14)8(11)12/h8H,3-7H2,1-2H3. The average molecular weight is 275 g/mol. The van der Waals surface area contributed by atoms with Crippen LogP contribution in [0.25, 0.3) is 0 Å². The first kappa shape index (κ1) is 17.1. The van der Waals surface area contributed by atoms with Gasteiger partial charge in [-0.05, 0) is 6.42 Å². The highest BCUT2D eigenvalue weighted by Crippen LogP contribution is 2.25. The van der Waals surface area contributed by atoms with Gasteiger partial charge in [-0.3, -0.25) is 4.79 Å². The van der Waals surface area contributed by atoms with Crippen molar-refractivity contribution >= 4 is 5.91 Å². The van der Waals surface area contributed by atoms with Gasteiger partial charge in [0.25, 0.3) is 5.91 Å². The second-order valence-electron chi connectivity index (χ2n) is 3.56. The summed E-state index contributed by atoms with van der Waals surface area (Å²) >= 11 is 0. The van der Waals surface area contributed by atoms with Crippen molar-refractivity contribution in [2.45, 2.75) is 18.8 Å². The Morgan fingerprint density at radius 1 is 1.17 bits per heavy atom. The minimum Gasteiger partial charge on any atom is -0.385 e. The highest BCUT2D eigenvalue weighted by atomic mass is 19.3. The van der Waals surface area contributed by atoms with E-state index in [4.69, 9.17) is 4.74 Å². The molecule has 0 atom stereocenters. The first-order valence-corrected chi connectivity index (χ1v) is 5.31. The van der Waals surface area contributed by atoms with Gasteiger partial charge in [-0.2, -0.15) is 8.78 Å². The lowest BCUT2D eigenvalue weighted by molar-refractivity contribution is -0.181. The summed E-state index contributed by atoms with van der Waals surface area (Å²) in [7, 11) is 2.73. The Kier molecular flexibility index (Phi) is 7.85. The SMILES string of the molecule is COCCCN(CCOC)C(=O)C(F)(F)C(F)F. The molecule has 0 rings (SSSR count). The number of alkyl halides is 4. The van der Waals surface area contributed by atoms with Gasteiger partial charge in [0.1, 0.15) is 0 Å². The topological polar surface area (TPSA) is 38.8 Å². The number of halogens is 4. The van der Waals surface area contributed by atoms with Crippen molar-refractivity contribution in [2.75, 3.05) is 40.5 Å². The van der Waals surface area contributed by atoms with E-state index in [1.807, 2.05) is 0 Å². The van der Waals surface area contributed by atoms with Crippen LogP contribution in [0.3, 0.4) is 0 Å². The number of carbonyl (C=O) groups is 1. The normalized spacial score (nSPS) is 11.9. The number of amides is 1.